The number of hydrogen-bond donors (Lipinski definition) is 5. The second-order valence-electron chi connectivity index (χ2n) is 12.5. The molecule has 1 aliphatic rings. The van der Waals surface area contributed by atoms with Crippen LogP contribution in [0.5, 0.6) is 0 Å². The van der Waals surface area contributed by atoms with E-state index in [0.717, 1.165) is 88.1 Å². The zero-order valence-electron chi connectivity index (χ0n) is 26.5. The zero-order valence-corrected chi connectivity index (χ0v) is 26.5. The van der Waals surface area contributed by atoms with Crippen molar-refractivity contribution < 1.29 is 9.18 Å². The fourth-order valence-electron chi connectivity index (χ4n) is 6.30. The van der Waals surface area contributed by atoms with Gasteiger partial charge in [0.15, 0.2) is 0 Å². The third kappa shape index (κ3) is 6.86. The highest BCUT2D eigenvalue weighted by Crippen LogP contribution is 2.36. The van der Waals surface area contributed by atoms with Crippen molar-refractivity contribution in [3.8, 4) is 33.6 Å². The zero-order chi connectivity index (χ0) is 32.3. The van der Waals surface area contributed by atoms with Gasteiger partial charge in [-0.05, 0) is 111 Å². The minimum atomic E-state index is -0.304. The summed E-state index contributed by atoms with van der Waals surface area (Å²) in [5.74, 6) is 0.123. The van der Waals surface area contributed by atoms with Crippen molar-refractivity contribution in [1.29, 1.82) is 0 Å². The molecular formula is C36H38FN9O. The third-order valence-corrected chi connectivity index (χ3v) is 8.73. The average molecular weight is 632 g/mol. The van der Waals surface area contributed by atoms with Crippen LogP contribution in [0.25, 0.3) is 55.6 Å². The molecule has 240 valence electrons. The van der Waals surface area contributed by atoms with Crippen LogP contribution in [0, 0.1) is 11.7 Å². The summed E-state index contributed by atoms with van der Waals surface area (Å²) in [6, 6.07) is 17.0. The SMILES string of the molecule is CN(C)CCNc1cc(F)cc(-c2ccnc3[nH]c(-c4n[nH]c5ccc(-c6cncc(NC(=O)CC7CCNCC7)c6)cc45)cc23)c1. The summed E-state index contributed by atoms with van der Waals surface area (Å²) < 4.78 is 14.7. The van der Waals surface area contributed by atoms with Gasteiger partial charge >= 0.3 is 0 Å². The van der Waals surface area contributed by atoms with Gasteiger partial charge in [-0.2, -0.15) is 5.10 Å². The summed E-state index contributed by atoms with van der Waals surface area (Å²) in [5, 5.41) is 19.3. The van der Waals surface area contributed by atoms with Gasteiger partial charge in [0.25, 0.3) is 0 Å². The third-order valence-electron chi connectivity index (χ3n) is 8.73. The van der Waals surface area contributed by atoms with Gasteiger partial charge in [-0.15, -0.1) is 0 Å². The monoisotopic (exact) mass is 631 g/mol. The number of rotatable bonds is 10. The van der Waals surface area contributed by atoms with Crippen LogP contribution >= 0.6 is 0 Å². The second-order valence-corrected chi connectivity index (χ2v) is 12.5. The van der Waals surface area contributed by atoms with Crippen LogP contribution in [0.3, 0.4) is 0 Å². The Balaban J connectivity index is 1.16. The van der Waals surface area contributed by atoms with Crippen molar-refractivity contribution in [2.75, 3.05) is 50.9 Å². The van der Waals surface area contributed by atoms with E-state index >= 15 is 0 Å². The van der Waals surface area contributed by atoms with E-state index in [-0.39, 0.29) is 11.7 Å². The number of pyridine rings is 2. The van der Waals surface area contributed by atoms with Crippen molar-refractivity contribution >= 4 is 39.2 Å². The maximum absolute atomic E-state index is 14.7. The van der Waals surface area contributed by atoms with Crippen LogP contribution in [0.1, 0.15) is 19.3 Å². The quantitative estimate of drug-likeness (QED) is 0.121. The largest absolute Gasteiger partial charge is 0.384 e. The molecule has 1 aliphatic heterocycles. The predicted molar refractivity (Wildman–Crippen MR) is 186 cm³/mol. The minimum absolute atomic E-state index is 0.0188. The summed E-state index contributed by atoms with van der Waals surface area (Å²) in [5.41, 5.74) is 7.99. The number of H-pyrrole nitrogens is 2. The average Bonchev–Trinajstić information content (AvgIpc) is 3.69. The Labute approximate surface area is 272 Å². The highest BCUT2D eigenvalue weighted by atomic mass is 19.1. The fraction of sp³-hybridized carbons (Fsp3) is 0.278. The molecule has 11 heteroatoms. The lowest BCUT2D eigenvalue weighted by molar-refractivity contribution is -0.117. The topological polar surface area (TPSA) is 127 Å². The predicted octanol–water partition coefficient (Wildman–Crippen LogP) is 6.28. The Morgan fingerprint density at radius 1 is 0.957 bits per heavy atom. The van der Waals surface area contributed by atoms with Crippen LogP contribution in [0.15, 0.2) is 73.2 Å². The molecule has 0 unspecified atom stereocenters. The molecule has 7 rings (SSSR count). The number of carbonyl (C=O) groups is 1. The van der Waals surface area contributed by atoms with E-state index in [4.69, 9.17) is 0 Å². The van der Waals surface area contributed by atoms with E-state index in [2.05, 4.69) is 52.1 Å². The molecule has 1 fully saturated rings. The van der Waals surface area contributed by atoms with Crippen LogP contribution in [-0.2, 0) is 4.79 Å². The number of carbonyl (C=O) groups excluding carboxylic acids is 1. The molecule has 4 aromatic heterocycles. The number of aromatic amines is 2. The summed E-state index contributed by atoms with van der Waals surface area (Å²) in [4.78, 5) is 27.2. The van der Waals surface area contributed by atoms with Gasteiger partial charge in [-0.1, -0.05) is 6.07 Å². The fourth-order valence-corrected chi connectivity index (χ4v) is 6.30. The molecule has 0 atom stereocenters. The number of piperidine rings is 1. The number of fused-ring (bicyclic) bond motifs is 2. The molecular weight excluding hydrogens is 593 g/mol. The number of nitrogens with one attached hydrogen (secondary N) is 5. The number of halogens is 1. The molecule has 2 aromatic carbocycles. The molecule has 0 radical (unpaired) electrons. The summed E-state index contributed by atoms with van der Waals surface area (Å²) in [7, 11) is 4.01. The van der Waals surface area contributed by atoms with Crippen LogP contribution in [-0.4, -0.2) is 76.2 Å². The van der Waals surface area contributed by atoms with Gasteiger partial charge < -0.3 is 25.8 Å². The van der Waals surface area contributed by atoms with Gasteiger partial charge in [-0.25, -0.2) is 9.37 Å². The summed E-state index contributed by atoms with van der Waals surface area (Å²) in [6.45, 7) is 3.47. The lowest BCUT2D eigenvalue weighted by Crippen LogP contribution is -2.30. The van der Waals surface area contributed by atoms with Crippen molar-refractivity contribution in [3.05, 3.63) is 79.0 Å². The van der Waals surface area contributed by atoms with Crippen molar-refractivity contribution in [3.63, 3.8) is 0 Å². The maximum atomic E-state index is 14.7. The Bertz CT molecular complexity index is 2040. The normalized spacial score (nSPS) is 13.9. The summed E-state index contributed by atoms with van der Waals surface area (Å²) >= 11 is 0. The first-order chi connectivity index (χ1) is 22.9. The number of amides is 1. The van der Waals surface area contributed by atoms with E-state index in [1.807, 2.05) is 50.5 Å². The molecule has 47 heavy (non-hydrogen) atoms. The lowest BCUT2D eigenvalue weighted by Gasteiger charge is -2.21. The number of anilines is 2. The number of benzene rings is 2. The standard InChI is InChI=1S/C36H38FN9O/c1-46(2)12-11-40-27-15-24(14-26(37)18-27)29-7-10-41-36-30(29)19-33(43-36)35-31-17-23(3-4-32(31)44-45-35)25-16-28(21-39-20-25)42-34(47)13-22-5-8-38-9-6-22/h3-4,7,10,14-22,38,40H,5-6,8-9,11-13H2,1-2H3,(H,41,43)(H,42,47)(H,44,45). The highest BCUT2D eigenvalue weighted by molar-refractivity contribution is 6.01. The first-order valence-corrected chi connectivity index (χ1v) is 16.0. The second kappa shape index (κ2) is 13.3. The summed E-state index contributed by atoms with van der Waals surface area (Å²) in [6.07, 6.45) is 7.77. The van der Waals surface area contributed by atoms with Crippen LogP contribution in [0.2, 0.25) is 0 Å². The molecule has 0 saturated carbocycles. The van der Waals surface area contributed by atoms with Gasteiger partial charge in [0, 0.05) is 53.9 Å². The van der Waals surface area contributed by atoms with E-state index in [9.17, 15) is 9.18 Å². The Morgan fingerprint density at radius 3 is 2.66 bits per heavy atom. The highest BCUT2D eigenvalue weighted by Gasteiger charge is 2.18. The van der Waals surface area contributed by atoms with E-state index in [0.29, 0.717) is 30.2 Å². The lowest BCUT2D eigenvalue weighted by atomic mass is 9.94. The minimum Gasteiger partial charge on any atom is -0.384 e. The van der Waals surface area contributed by atoms with Gasteiger partial charge in [0.2, 0.25) is 5.91 Å². The van der Waals surface area contributed by atoms with Gasteiger partial charge in [-0.3, -0.25) is 14.9 Å². The van der Waals surface area contributed by atoms with Crippen LogP contribution < -0.4 is 16.0 Å². The van der Waals surface area contributed by atoms with Gasteiger partial charge in [0.1, 0.15) is 17.2 Å². The number of likely N-dealkylation sites (N-methyl/N-ethyl adjacent to an activating group) is 1. The molecule has 0 spiro atoms. The number of nitrogens with zero attached hydrogens (tertiary/aromatic N) is 4. The molecule has 0 bridgehead atoms. The Hall–Kier alpha value is -5.13. The maximum Gasteiger partial charge on any atom is 0.224 e. The van der Waals surface area contributed by atoms with Crippen molar-refractivity contribution in [2.24, 2.45) is 5.92 Å². The molecule has 5 heterocycles. The molecule has 6 aromatic rings. The first kappa shape index (κ1) is 30.5. The van der Waals surface area contributed by atoms with Crippen LogP contribution in [0.4, 0.5) is 15.8 Å². The molecule has 1 saturated heterocycles. The van der Waals surface area contributed by atoms with Crippen molar-refractivity contribution in [2.45, 2.75) is 19.3 Å². The molecule has 5 N–H and O–H groups in total. The first-order valence-electron chi connectivity index (χ1n) is 16.0. The van der Waals surface area contributed by atoms with Gasteiger partial charge in [0.05, 0.1) is 23.1 Å². The molecule has 10 nitrogen and oxygen atoms in total. The van der Waals surface area contributed by atoms with E-state index < -0.39 is 0 Å². The molecule has 1 amide bonds. The number of aromatic nitrogens is 5. The Kier molecular flexibility index (Phi) is 8.64. The smallest absolute Gasteiger partial charge is 0.224 e. The Morgan fingerprint density at radius 2 is 1.81 bits per heavy atom. The van der Waals surface area contributed by atoms with E-state index in [1.54, 1.807) is 24.7 Å². The van der Waals surface area contributed by atoms with E-state index in [1.165, 1.54) is 6.07 Å². The van der Waals surface area contributed by atoms with Crippen molar-refractivity contribution in [1.82, 2.24) is 35.4 Å². The molecule has 0 aliphatic carbocycles. The number of hydrogen-bond acceptors (Lipinski definition) is 7.